The molecule has 1 amide bonds. The minimum atomic E-state index is -0.294. The van der Waals surface area contributed by atoms with E-state index in [9.17, 15) is 4.79 Å². The van der Waals surface area contributed by atoms with Gasteiger partial charge in [0.2, 0.25) is 0 Å². The Labute approximate surface area is 194 Å². The van der Waals surface area contributed by atoms with Crippen molar-refractivity contribution < 1.29 is 9.53 Å². The van der Waals surface area contributed by atoms with Crippen molar-refractivity contribution in [1.29, 1.82) is 0 Å². The lowest BCUT2D eigenvalue weighted by Gasteiger charge is -2.34. The van der Waals surface area contributed by atoms with Crippen molar-refractivity contribution >= 4 is 18.7 Å². The largest absolute Gasteiger partial charge is 0.415 e. The maximum Gasteiger partial charge on any atom is 0.415 e. The molecule has 2 aromatic heterocycles. The quantitative estimate of drug-likeness (QED) is 0.557. The summed E-state index contributed by atoms with van der Waals surface area (Å²) in [6.45, 7) is 4.10. The zero-order valence-electron chi connectivity index (χ0n) is 18.3. The zero-order chi connectivity index (χ0) is 22.3. The summed E-state index contributed by atoms with van der Waals surface area (Å²) in [5, 5.41) is -0.134. The number of carbonyl (C=O) groups is 1. The van der Waals surface area contributed by atoms with Crippen molar-refractivity contribution in [1.82, 2.24) is 24.3 Å². The Hall–Kier alpha value is -2.84. The van der Waals surface area contributed by atoms with Crippen LogP contribution in [0.3, 0.4) is 0 Å². The lowest BCUT2D eigenvalue weighted by molar-refractivity contribution is 0.110. The van der Waals surface area contributed by atoms with E-state index < -0.39 is 0 Å². The van der Waals surface area contributed by atoms with Gasteiger partial charge in [-0.15, -0.1) is 0 Å². The molecule has 1 aromatic carbocycles. The summed E-state index contributed by atoms with van der Waals surface area (Å²) in [5.41, 5.74) is 2.13. The Morgan fingerprint density at radius 1 is 1.06 bits per heavy atom. The Balaban J connectivity index is 1.21. The van der Waals surface area contributed by atoms with Gasteiger partial charge in [0.15, 0.2) is 0 Å². The highest BCUT2D eigenvalue weighted by Gasteiger charge is 2.22. The maximum atomic E-state index is 12.6. The second kappa shape index (κ2) is 10.7. The SMILES string of the molecule is Cn1ccnc1C(S)c1ccc(OC(=O)N2CCN(CCCc3ccccn3)CC2)cc1. The van der Waals surface area contributed by atoms with Gasteiger partial charge in [-0.1, -0.05) is 18.2 Å². The van der Waals surface area contributed by atoms with Crippen LogP contribution in [0.4, 0.5) is 4.79 Å². The Kier molecular flexibility index (Phi) is 7.44. The molecule has 8 heteroatoms. The van der Waals surface area contributed by atoms with Gasteiger partial charge in [-0.3, -0.25) is 9.88 Å². The van der Waals surface area contributed by atoms with Crippen LogP contribution in [0.5, 0.6) is 5.75 Å². The van der Waals surface area contributed by atoms with Crippen molar-refractivity contribution in [2.75, 3.05) is 32.7 Å². The number of hydrogen-bond donors (Lipinski definition) is 1. The van der Waals surface area contributed by atoms with Gasteiger partial charge in [0.05, 0.1) is 5.25 Å². The van der Waals surface area contributed by atoms with Gasteiger partial charge in [0.1, 0.15) is 11.6 Å². The topological polar surface area (TPSA) is 63.5 Å². The highest BCUT2D eigenvalue weighted by Crippen LogP contribution is 2.28. The van der Waals surface area contributed by atoms with E-state index in [2.05, 4.69) is 33.6 Å². The number of benzene rings is 1. The third-order valence-corrected chi connectivity index (χ3v) is 6.30. The van der Waals surface area contributed by atoms with Gasteiger partial charge in [0.25, 0.3) is 0 Å². The van der Waals surface area contributed by atoms with Crippen molar-refractivity contribution in [3.05, 3.63) is 78.1 Å². The van der Waals surface area contributed by atoms with Crippen LogP contribution in [0.1, 0.15) is 28.8 Å². The van der Waals surface area contributed by atoms with Crippen LogP contribution in [0.2, 0.25) is 0 Å². The van der Waals surface area contributed by atoms with Gasteiger partial charge >= 0.3 is 6.09 Å². The molecule has 1 atom stereocenters. The summed E-state index contributed by atoms with van der Waals surface area (Å²) in [5.74, 6) is 1.41. The molecule has 1 aliphatic rings. The van der Waals surface area contributed by atoms with Gasteiger partial charge < -0.3 is 14.2 Å². The van der Waals surface area contributed by atoms with E-state index in [4.69, 9.17) is 4.74 Å². The highest BCUT2D eigenvalue weighted by molar-refractivity contribution is 7.80. The average molecular weight is 452 g/mol. The highest BCUT2D eigenvalue weighted by atomic mass is 32.1. The molecule has 0 saturated carbocycles. The minimum Gasteiger partial charge on any atom is -0.410 e. The zero-order valence-corrected chi connectivity index (χ0v) is 19.2. The van der Waals surface area contributed by atoms with Gasteiger partial charge in [-0.05, 0) is 49.2 Å². The number of hydrogen-bond acceptors (Lipinski definition) is 6. The molecule has 1 fully saturated rings. The van der Waals surface area contributed by atoms with Crippen molar-refractivity contribution in [2.45, 2.75) is 18.1 Å². The Bertz CT molecular complexity index is 1000. The standard InChI is InChI=1S/C24H29N5O2S/c1-27-14-12-26-23(27)22(32)19-7-9-21(10-8-19)31-24(30)29-17-15-28(16-18-29)13-4-6-20-5-2-3-11-25-20/h2-3,5,7-12,14,22,32H,4,6,13,15-18H2,1H3. The Morgan fingerprint density at radius 3 is 2.50 bits per heavy atom. The number of piperazine rings is 1. The first-order chi connectivity index (χ1) is 15.6. The fourth-order valence-electron chi connectivity index (χ4n) is 3.86. The number of pyridine rings is 1. The third-order valence-electron chi connectivity index (χ3n) is 5.77. The molecule has 168 valence electrons. The van der Waals surface area contributed by atoms with E-state index >= 15 is 0 Å². The van der Waals surface area contributed by atoms with Crippen LogP contribution in [0, 0.1) is 0 Å². The molecule has 0 bridgehead atoms. The van der Waals surface area contributed by atoms with Crippen molar-refractivity contribution in [3.63, 3.8) is 0 Å². The van der Waals surface area contributed by atoms with E-state index in [1.54, 1.807) is 11.1 Å². The molecule has 32 heavy (non-hydrogen) atoms. The molecule has 3 heterocycles. The minimum absolute atomic E-state index is 0.134. The maximum absolute atomic E-state index is 12.6. The number of amides is 1. The first kappa shape index (κ1) is 22.4. The fourth-order valence-corrected chi connectivity index (χ4v) is 4.28. The van der Waals surface area contributed by atoms with Crippen LogP contribution in [0.15, 0.2) is 61.1 Å². The molecule has 3 aromatic rings. The van der Waals surface area contributed by atoms with E-state index in [1.165, 1.54) is 0 Å². The second-order valence-corrected chi connectivity index (χ2v) is 8.51. The lowest BCUT2D eigenvalue weighted by atomic mass is 10.1. The second-order valence-electron chi connectivity index (χ2n) is 7.99. The van der Waals surface area contributed by atoms with E-state index in [-0.39, 0.29) is 11.3 Å². The number of thiol groups is 1. The van der Waals surface area contributed by atoms with Crippen molar-refractivity contribution in [2.24, 2.45) is 7.05 Å². The monoisotopic (exact) mass is 451 g/mol. The molecule has 0 N–H and O–H groups in total. The summed E-state index contributed by atoms with van der Waals surface area (Å²) >= 11 is 4.68. The first-order valence-electron chi connectivity index (χ1n) is 10.9. The van der Waals surface area contributed by atoms with E-state index in [1.807, 2.05) is 60.4 Å². The number of rotatable bonds is 7. The Morgan fingerprint density at radius 2 is 1.84 bits per heavy atom. The number of nitrogens with zero attached hydrogens (tertiary/aromatic N) is 5. The molecule has 1 saturated heterocycles. The van der Waals surface area contributed by atoms with Gasteiger partial charge in [-0.25, -0.2) is 9.78 Å². The number of ether oxygens (including phenoxy) is 1. The summed E-state index contributed by atoms with van der Waals surface area (Å²) in [6, 6.07) is 13.5. The summed E-state index contributed by atoms with van der Waals surface area (Å²) in [7, 11) is 1.95. The molecule has 0 spiro atoms. The molecule has 1 aliphatic heterocycles. The molecular formula is C24H29N5O2S. The molecule has 0 radical (unpaired) electrons. The van der Waals surface area contributed by atoms with Crippen LogP contribution in [0.25, 0.3) is 0 Å². The average Bonchev–Trinajstić information content (AvgIpc) is 3.26. The lowest BCUT2D eigenvalue weighted by Crippen LogP contribution is -2.49. The number of aromatic nitrogens is 3. The molecule has 4 rings (SSSR count). The smallest absolute Gasteiger partial charge is 0.410 e. The third kappa shape index (κ3) is 5.69. The molecule has 0 aliphatic carbocycles. The van der Waals surface area contributed by atoms with E-state index in [0.717, 1.165) is 49.6 Å². The normalized spacial score (nSPS) is 15.5. The molecule has 1 unspecified atom stereocenters. The first-order valence-corrected chi connectivity index (χ1v) is 11.5. The number of aryl methyl sites for hydroxylation is 2. The van der Waals surface area contributed by atoms with Gasteiger partial charge in [-0.2, -0.15) is 12.6 Å². The van der Waals surface area contributed by atoms with Crippen LogP contribution in [-0.2, 0) is 13.5 Å². The van der Waals surface area contributed by atoms with Crippen LogP contribution < -0.4 is 4.74 Å². The number of carbonyl (C=O) groups excluding carboxylic acids is 1. The van der Waals surface area contributed by atoms with Crippen LogP contribution in [-0.4, -0.2) is 63.2 Å². The summed E-state index contributed by atoms with van der Waals surface area (Å²) < 4.78 is 7.54. The van der Waals surface area contributed by atoms with Crippen LogP contribution >= 0.6 is 12.6 Å². The predicted octanol–water partition coefficient (Wildman–Crippen LogP) is 3.58. The van der Waals surface area contributed by atoms with Gasteiger partial charge in [0, 0.05) is 57.5 Å². The number of imidazole rings is 1. The summed E-state index contributed by atoms with van der Waals surface area (Å²) in [6.07, 6.45) is 7.25. The predicted molar refractivity (Wildman–Crippen MR) is 127 cm³/mol. The van der Waals surface area contributed by atoms with Crippen molar-refractivity contribution in [3.8, 4) is 5.75 Å². The fraction of sp³-hybridized carbons (Fsp3) is 0.375. The summed E-state index contributed by atoms with van der Waals surface area (Å²) in [4.78, 5) is 25.5. The molecule has 7 nitrogen and oxygen atoms in total. The van der Waals surface area contributed by atoms with E-state index in [0.29, 0.717) is 18.8 Å². The molecular weight excluding hydrogens is 422 g/mol.